The summed E-state index contributed by atoms with van der Waals surface area (Å²) in [5, 5.41) is 0. The number of ether oxygens (including phenoxy) is 3. The van der Waals surface area contributed by atoms with Crippen molar-refractivity contribution in [3.05, 3.63) is 12.2 Å². The first-order chi connectivity index (χ1) is 8.68. The van der Waals surface area contributed by atoms with Crippen LogP contribution in [0.1, 0.15) is 39.5 Å². The van der Waals surface area contributed by atoms with Gasteiger partial charge in [-0.2, -0.15) is 0 Å². The molecule has 0 saturated carbocycles. The number of carbonyl (C=O) groups is 1. The van der Waals surface area contributed by atoms with Gasteiger partial charge >= 0.3 is 5.97 Å². The highest BCUT2D eigenvalue weighted by Crippen LogP contribution is 1.98. The molecular weight excluding hydrogens is 232 g/mol. The molecule has 0 radical (unpaired) electrons. The van der Waals surface area contributed by atoms with E-state index in [4.69, 9.17) is 14.2 Å². The van der Waals surface area contributed by atoms with Crippen molar-refractivity contribution in [2.75, 3.05) is 33.0 Å². The van der Waals surface area contributed by atoms with Gasteiger partial charge in [-0.25, -0.2) is 4.79 Å². The standard InChI is InChI=1S/C14H26O4/c1-4-5-6-7-8-16-9-10-17-11-12-18-14(15)13(2)3/h2,4-12H2,1,3H3. The summed E-state index contributed by atoms with van der Waals surface area (Å²) in [6, 6.07) is 0. The van der Waals surface area contributed by atoms with Crippen LogP contribution in [0, 0.1) is 0 Å². The van der Waals surface area contributed by atoms with E-state index < -0.39 is 0 Å². The number of rotatable bonds is 12. The lowest BCUT2D eigenvalue weighted by Crippen LogP contribution is -2.13. The summed E-state index contributed by atoms with van der Waals surface area (Å²) in [5.41, 5.74) is 0.408. The molecule has 18 heavy (non-hydrogen) atoms. The molecule has 106 valence electrons. The Bertz CT molecular complexity index is 226. The normalized spacial score (nSPS) is 10.3. The van der Waals surface area contributed by atoms with Gasteiger partial charge in [0.1, 0.15) is 6.61 Å². The zero-order valence-electron chi connectivity index (χ0n) is 11.7. The Balaban J connectivity index is 3.07. The van der Waals surface area contributed by atoms with E-state index >= 15 is 0 Å². The third-order valence-corrected chi connectivity index (χ3v) is 2.32. The maximum Gasteiger partial charge on any atom is 0.333 e. The molecule has 0 heterocycles. The van der Waals surface area contributed by atoms with Crippen LogP contribution in [-0.4, -0.2) is 39.0 Å². The van der Waals surface area contributed by atoms with Gasteiger partial charge in [0.05, 0.1) is 19.8 Å². The second-order valence-electron chi connectivity index (χ2n) is 4.20. The molecule has 0 aromatic carbocycles. The molecule has 0 aromatic heterocycles. The first kappa shape index (κ1) is 17.1. The Hall–Kier alpha value is -0.870. The predicted octanol–water partition coefficient (Wildman–Crippen LogP) is 2.72. The second-order valence-corrected chi connectivity index (χ2v) is 4.20. The van der Waals surface area contributed by atoms with E-state index in [2.05, 4.69) is 13.5 Å². The number of esters is 1. The summed E-state index contributed by atoms with van der Waals surface area (Å²) in [7, 11) is 0. The van der Waals surface area contributed by atoms with Crippen molar-refractivity contribution < 1.29 is 19.0 Å². The monoisotopic (exact) mass is 258 g/mol. The van der Waals surface area contributed by atoms with Gasteiger partial charge in [-0.1, -0.05) is 32.8 Å². The van der Waals surface area contributed by atoms with E-state index in [0.717, 1.165) is 13.0 Å². The van der Waals surface area contributed by atoms with E-state index in [0.29, 0.717) is 25.4 Å². The Kier molecular flexibility index (Phi) is 12.0. The molecule has 0 atom stereocenters. The minimum absolute atomic E-state index is 0.266. The van der Waals surface area contributed by atoms with Crippen LogP contribution in [0.3, 0.4) is 0 Å². The largest absolute Gasteiger partial charge is 0.460 e. The first-order valence-corrected chi connectivity index (χ1v) is 6.66. The number of hydrogen-bond acceptors (Lipinski definition) is 4. The highest BCUT2D eigenvalue weighted by Gasteiger charge is 2.01. The zero-order valence-corrected chi connectivity index (χ0v) is 11.7. The summed E-state index contributed by atoms with van der Waals surface area (Å²) in [6.45, 7) is 9.90. The van der Waals surface area contributed by atoms with Crippen LogP contribution in [0.15, 0.2) is 12.2 Å². The Morgan fingerprint density at radius 2 is 1.56 bits per heavy atom. The van der Waals surface area contributed by atoms with Gasteiger partial charge < -0.3 is 14.2 Å². The van der Waals surface area contributed by atoms with Gasteiger partial charge in [-0.3, -0.25) is 0 Å². The summed E-state index contributed by atoms with van der Waals surface area (Å²) in [4.78, 5) is 11.0. The second kappa shape index (κ2) is 12.6. The van der Waals surface area contributed by atoms with Crippen molar-refractivity contribution >= 4 is 5.97 Å². The summed E-state index contributed by atoms with van der Waals surface area (Å²) in [6.07, 6.45) is 4.86. The average molecular weight is 258 g/mol. The molecule has 0 rings (SSSR count). The van der Waals surface area contributed by atoms with E-state index in [1.165, 1.54) is 19.3 Å². The quantitative estimate of drug-likeness (QED) is 0.307. The van der Waals surface area contributed by atoms with Crippen LogP contribution >= 0.6 is 0 Å². The summed E-state index contributed by atoms with van der Waals surface area (Å²) in [5.74, 6) is -0.370. The van der Waals surface area contributed by atoms with E-state index in [1.54, 1.807) is 6.92 Å². The van der Waals surface area contributed by atoms with Crippen molar-refractivity contribution in [3.63, 3.8) is 0 Å². The topological polar surface area (TPSA) is 44.8 Å². The lowest BCUT2D eigenvalue weighted by molar-refractivity contribution is -0.140. The maximum atomic E-state index is 11.0. The number of hydrogen-bond donors (Lipinski definition) is 0. The van der Waals surface area contributed by atoms with Gasteiger partial charge in [-0.15, -0.1) is 0 Å². The molecule has 0 aliphatic carbocycles. The minimum Gasteiger partial charge on any atom is -0.460 e. The van der Waals surface area contributed by atoms with Crippen LogP contribution in [0.2, 0.25) is 0 Å². The fraction of sp³-hybridized carbons (Fsp3) is 0.786. The van der Waals surface area contributed by atoms with E-state index in [9.17, 15) is 4.79 Å². The van der Waals surface area contributed by atoms with Crippen LogP contribution in [0.5, 0.6) is 0 Å². The Labute approximate surface area is 110 Å². The molecule has 0 spiro atoms. The molecule has 4 nitrogen and oxygen atoms in total. The molecule has 0 N–H and O–H groups in total. The molecule has 0 aliphatic heterocycles. The highest BCUT2D eigenvalue weighted by molar-refractivity contribution is 5.86. The maximum absolute atomic E-state index is 11.0. The molecule has 4 heteroatoms. The third kappa shape index (κ3) is 11.6. The minimum atomic E-state index is -0.370. The zero-order chi connectivity index (χ0) is 13.6. The molecule has 0 fully saturated rings. The van der Waals surface area contributed by atoms with Gasteiger partial charge in [0.2, 0.25) is 0 Å². The number of carbonyl (C=O) groups excluding carboxylic acids is 1. The van der Waals surface area contributed by atoms with E-state index in [1.807, 2.05) is 0 Å². The fourth-order valence-electron chi connectivity index (χ4n) is 1.27. The average Bonchev–Trinajstić information content (AvgIpc) is 2.35. The van der Waals surface area contributed by atoms with Crippen molar-refractivity contribution in [2.24, 2.45) is 0 Å². The number of unbranched alkanes of at least 4 members (excludes halogenated alkanes) is 3. The van der Waals surface area contributed by atoms with Crippen molar-refractivity contribution in [1.82, 2.24) is 0 Å². The first-order valence-electron chi connectivity index (χ1n) is 6.66. The summed E-state index contributed by atoms with van der Waals surface area (Å²) >= 11 is 0. The van der Waals surface area contributed by atoms with Crippen LogP contribution in [0.4, 0.5) is 0 Å². The lowest BCUT2D eigenvalue weighted by Gasteiger charge is -2.06. The van der Waals surface area contributed by atoms with Crippen LogP contribution in [-0.2, 0) is 19.0 Å². The van der Waals surface area contributed by atoms with Crippen molar-refractivity contribution in [2.45, 2.75) is 39.5 Å². The lowest BCUT2D eigenvalue weighted by atomic mass is 10.2. The van der Waals surface area contributed by atoms with Gasteiger partial charge in [0.25, 0.3) is 0 Å². The molecule has 0 aliphatic rings. The van der Waals surface area contributed by atoms with E-state index in [-0.39, 0.29) is 12.6 Å². The van der Waals surface area contributed by atoms with Gasteiger partial charge in [-0.05, 0) is 13.3 Å². The summed E-state index contributed by atoms with van der Waals surface area (Å²) < 4.78 is 15.5. The molecule has 0 bridgehead atoms. The van der Waals surface area contributed by atoms with Crippen molar-refractivity contribution in [3.8, 4) is 0 Å². The van der Waals surface area contributed by atoms with Gasteiger partial charge in [0.15, 0.2) is 0 Å². The molecule has 0 unspecified atom stereocenters. The molecule has 0 aromatic rings. The molecular formula is C14H26O4. The highest BCUT2D eigenvalue weighted by atomic mass is 16.6. The Morgan fingerprint density at radius 1 is 0.944 bits per heavy atom. The van der Waals surface area contributed by atoms with Crippen LogP contribution in [0.25, 0.3) is 0 Å². The SMILES string of the molecule is C=C(C)C(=O)OCCOCCOCCCCCC. The van der Waals surface area contributed by atoms with Gasteiger partial charge in [0, 0.05) is 12.2 Å². The molecule has 0 amide bonds. The smallest absolute Gasteiger partial charge is 0.333 e. The predicted molar refractivity (Wildman–Crippen MR) is 71.6 cm³/mol. The Morgan fingerprint density at radius 3 is 2.17 bits per heavy atom. The van der Waals surface area contributed by atoms with Crippen molar-refractivity contribution in [1.29, 1.82) is 0 Å². The third-order valence-electron chi connectivity index (χ3n) is 2.32. The van der Waals surface area contributed by atoms with Crippen LogP contribution < -0.4 is 0 Å². The fourth-order valence-corrected chi connectivity index (χ4v) is 1.27. The molecule has 0 saturated heterocycles.